The number of piperazine rings is 1. The number of hydrogen-bond acceptors (Lipinski definition) is 3. The van der Waals surface area contributed by atoms with Crippen molar-refractivity contribution < 1.29 is 0 Å². The summed E-state index contributed by atoms with van der Waals surface area (Å²) in [6.07, 6.45) is 2.78. The molecule has 3 heteroatoms. The van der Waals surface area contributed by atoms with Crippen LogP contribution < -0.4 is 5.32 Å². The molecule has 1 aliphatic carbocycles. The Labute approximate surface area is 123 Å². The van der Waals surface area contributed by atoms with Crippen molar-refractivity contribution in [2.75, 3.05) is 46.3 Å². The summed E-state index contributed by atoms with van der Waals surface area (Å²) in [7, 11) is 2.26. The number of benzene rings is 1. The molecule has 1 saturated carbocycles. The fourth-order valence-corrected chi connectivity index (χ4v) is 3.09. The first kappa shape index (κ1) is 14.1. The summed E-state index contributed by atoms with van der Waals surface area (Å²) >= 11 is 0. The molecule has 0 amide bonds. The Morgan fingerprint density at radius 2 is 1.95 bits per heavy atom. The van der Waals surface area contributed by atoms with E-state index in [1.165, 1.54) is 44.6 Å². The van der Waals surface area contributed by atoms with E-state index in [9.17, 15) is 0 Å². The van der Waals surface area contributed by atoms with E-state index < -0.39 is 0 Å². The van der Waals surface area contributed by atoms with E-state index in [0.29, 0.717) is 0 Å². The lowest BCUT2D eigenvalue weighted by molar-refractivity contribution is 0.202. The zero-order chi connectivity index (χ0) is 13.8. The van der Waals surface area contributed by atoms with Gasteiger partial charge in [0.15, 0.2) is 0 Å². The highest BCUT2D eigenvalue weighted by molar-refractivity contribution is 5.33. The topological polar surface area (TPSA) is 18.5 Å². The highest BCUT2D eigenvalue weighted by atomic mass is 15.2. The van der Waals surface area contributed by atoms with Gasteiger partial charge in [0, 0.05) is 45.8 Å². The molecule has 1 N–H and O–H groups in total. The maximum absolute atomic E-state index is 3.41. The lowest BCUT2D eigenvalue weighted by Crippen LogP contribution is -2.45. The third kappa shape index (κ3) is 3.81. The molecular formula is C17H27N3. The first-order valence-electron chi connectivity index (χ1n) is 8.02. The minimum Gasteiger partial charge on any atom is -0.314 e. The lowest BCUT2D eigenvalue weighted by Gasteiger charge is -2.29. The summed E-state index contributed by atoms with van der Waals surface area (Å²) < 4.78 is 0. The van der Waals surface area contributed by atoms with E-state index in [1.54, 1.807) is 5.56 Å². The molecule has 20 heavy (non-hydrogen) atoms. The van der Waals surface area contributed by atoms with E-state index in [4.69, 9.17) is 0 Å². The molecule has 3 rings (SSSR count). The van der Waals surface area contributed by atoms with Crippen molar-refractivity contribution in [2.24, 2.45) is 0 Å². The van der Waals surface area contributed by atoms with Gasteiger partial charge in [-0.3, -0.25) is 4.90 Å². The molecule has 2 fully saturated rings. The molecule has 1 aromatic carbocycles. The monoisotopic (exact) mass is 273 g/mol. The van der Waals surface area contributed by atoms with Crippen LogP contribution in [0.4, 0.5) is 0 Å². The molecule has 0 aromatic heterocycles. The van der Waals surface area contributed by atoms with Gasteiger partial charge in [-0.15, -0.1) is 0 Å². The molecule has 2 aliphatic rings. The zero-order valence-electron chi connectivity index (χ0n) is 12.6. The van der Waals surface area contributed by atoms with E-state index in [1.807, 2.05) is 0 Å². The summed E-state index contributed by atoms with van der Waals surface area (Å²) in [6, 6.07) is 9.02. The Balaban J connectivity index is 1.49. The van der Waals surface area contributed by atoms with Crippen LogP contribution in [-0.4, -0.2) is 56.1 Å². The second-order valence-electron chi connectivity index (χ2n) is 6.30. The van der Waals surface area contributed by atoms with Gasteiger partial charge >= 0.3 is 0 Å². The Morgan fingerprint density at radius 1 is 1.20 bits per heavy atom. The van der Waals surface area contributed by atoms with Crippen LogP contribution in [-0.2, 0) is 6.54 Å². The van der Waals surface area contributed by atoms with Crippen LogP contribution in [0.1, 0.15) is 29.9 Å². The fourth-order valence-electron chi connectivity index (χ4n) is 3.09. The maximum Gasteiger partial charge on any atom is 0.0234 e. The quantitative estimate of drug-likeness (QED) is 0.854. The van der Waals surface area contributed by atoms with Crippen LogP contribution in [0, 0.1) is 0 Å². The third-order valence-electron chi connectivity index (χ3n) is 4.52. The molecule has 1 aromatic rings. The van der Waals surface area contributed by atoms with Crippen molar-refractivity contribution in [1.29, 1.82) is 0 Å². The Bertz CT molecular complexity index is 422. The highest BCUT2D eigenvalue weighted by Crippen LogP contribution is 2.41. The smallest absolute Gasteiger partial charge is 0.0234 e. The number of likely N-dealkylation sites (N-methyl/N-ethyl adjacent to an activating group) is 1. The van der Waals surface area contributed by atoms with E-state index in [0.717, 1.165) is 25.6 Å². The average Bonchev–Trinajstić information content (AvgIpc) is 3.31. The van der Waals surface area contributed by atoms with E-state index in [-0.39, 0.29) is 0 Å². The van der Waals surface area contributed by atoms with Crippen LogP contribution in [0.2, 0.25) is 0 Å². The Hall–Kier alpha value is -0.900. The molecule has 1 heterocycles. The van der Waals surface area contributed by atoms with Crippen LogP contribution in [0.5, 0.6) is 0 Å². The van der Waals surface area contributed by atoms with Gasteiger partial charge in [0.05, 0.1) is 0 Å². The minimum absolute atomic E-state index is 0.854. The van der Waals surface area contributed by atoms with Crippen molar-refractivity contribution in [3.63, 3.8) is 0 Å². The first-order chi connectivity index (χ1) is 9.83. The van der Waals surface area contributed by atoms with Crippen LogP contribution >= 0.6 is 0 Å². The number of nitrogens with one attached hydrogen (secondary N) is 1. The Morgan fingerprint density at radius 3 is 2.70 bits per heavy atom. The highest BCUT2D eigenvalue weighted by Gasteiger charge is 2.25. The molecule has 0 spiro atoms. The molecule has 0 radical (unpaired) electrons. The number of rotatable bonds is 6. The van der Waals surface area contributed by atoms with Crippen molar-refractivity contribution in [2.45, 2.75) is 25.3 Å². The van der Waals surface area contributed by atoms with Gasteiger partial charge < -0.3 is 10.2 Å². The standard InChI is InChI=1S/C17H27N3/c1-19(12-13-20-10-8-18-9-11-20)14-16-4-2-3-5-17(16)15-6-7-15/h2-5,15,18H,6-14H2,1H3. The molecule has 0 unspecified atom stereocenters. The summed E-state index contributed by atoms with van der Waals surface area (Å²) in [4.78, 5) is 5.04. The minimum atomic E-state index is 0.854. The average molecular weight is 273 g/mol. The van der Waals surface area contributed by atoms with Gasteiger partial charge in [0.25, 0.3) is 0 Å². The van der Waals surface area contributed by atoms with Gasteiger partial charge in [0.2, 0.25) is 0 Å². The second kappa shape index (κ2) is 6.70. The maximum atomic E-state index is 3.41. The van der Waals surface area contributed by atoms with Crippen LogP contribution in [0.25, 0.3) is 0 Å². The van der Waals surface area contributed by atoms with Crippen LogP contribution in [0.3, 0.4) is 0 Å². The predicted octanol–water partition coefficient (Wildman–Crippen LogP) is 1.90. The number of hydrogen-bond donors (Lipinski definition) is 1. The van der Waals surface area contributed by atoms with E-state index >= 15 is 0 Å². The van der Waals surface area contributed by atoms with Crippen molar-refractivity contribution in [1.82, 2.24) is 15.1 Å². The van der Waals surface area contributed by atoms with Crippen LogP contribution in [0.15, 0.2) is 24.3 Å². The van der Waals surface area contributed by atoms with Crippen molar-refractivity contribution in [3.05, 3.63) is 35.4 Å². The van der Waals surface area contributed by atoms with Crippen molar-refractivity contribution >= 4 is 0 Å². The van der Waals surface area contributed by atoms with Gasteiger partial charge in [-0.05, 0) is 36.9 Å². The zero-order valence-corrected chi connectivity index (χ0v) is 12.6. The summed E-state index contributed by atoms with van der Waals surface area (Å²) in [5, 5.41) is 3.41. The van der Waals surface area contributed by atoms with E-state index in [2.05, 4.69) is 46.4 Å². The molecule has 110 valence electrons. The van der Waals surface area contributed by atoms with Gasteiger partial charge in [-0.2, -0.15) is 0 Å². The van der Waals surface area contributed by atoms with Crippen molar-refractivity contribution in [3.8, 4) is 0 Å². The summed E-state index contributed by atoms with van der Waals surface area (Å²) in [6.45, 7) is 8.16. The first-order valence-corrected chi connectivity index (χ1v) is 8.02. The molecule has 1 saturated heterocycles. The molecule has 0 bridgehead atoms. The van der Waals surface area contributed by atoms with Gasteiger partial charge in [0.1, 0.15) is 0 Å². The lowest BCUT2D eigenvalue weighted by atomic mass is 10.0. The predicted molar refractivity (Wildman–Crippen MR) is 84.1 cm³/mol. The third-order valence-corrected chi connectivity index (χ3v) is 4.52. The molecule has 0 atom stereocenters. The van der Waals surface area contributed by atoms with Gasteiger partial charge in [-0.25, -0.2) is 0 Å². The molecule has 1 aliphatic heterocycles. The fraction of sp³-hybridized carbons (Fsp3) is 0.647. The number of nitrogens with zero attached hydrogens (tertiary/aromatic N) is 2. The summed E-state index contributed by atoms with van der Waals surface area (Å²) in [5.74, 6) is 0.854. The second-order valence-corrected chi connectivity index (χ2v) is 6.30. The molecule has 3 nitrogen and oxygen atoms in total. The summed E-state index contributed by atoms with van der Waals surface area (Å²) in [5.41, 5.74) is 3.14. The molecular weight excluding hydrogens is 246 g/mol. The normalized spacial score (nSPS) is 20.5. The SMILES string of the molecule is CN(CCN1CCNCC1)Cc1ccccc1C1CC1. The Kier molecular flexibility index (Phi) is 4.71. The largest absolute Gasteiger partial charge is 0.314 e. The van der Waals surface area contributed by atoms with Gasteiger partial charge in [-0.1, -0.05) is 24.3 Å².